The van der Waals surface area contributed by atoms with E-state index in [1.807, 2.05) is 24.3 Å². The number of alkyl halides is 3. The van der Waals surface area contributed by atoms with E-state index >= 15 is 0 Å². The van der Waals surface area contributed by atoms with E-state index in [4.69, 9.17) is 4.52 Å². The summed E-state index contributed by atoms with van der Waals surface area (Å²) >= 11 is 0. The van der Waals surface area contributed by atoms with Crippen molar-refractivity contribution >= 4 is 11.6 Å². The Morgan fingerprint density at radius 2 is 1.82 bits per heavy atom. The van der Waals surface area contributed by atoms with E-state index in [2.05, 4.69) is 27.1 Å². The summed E-state index contributed by atoms with van der Waals surface area (Å²) in [6.45, 7) is 2.08. The van der Waals surface area contributed by atoms with Crippen LogP contribution < -0.4 is 10.1 Å². The van der Waals surface area contributed by atoms with Gasteiger partial charge in [-0.15, -0.1) is 13.2 Å². The minimum absolute atomic E-state index is 0.0268. The maximum atomic E-state index is 12.5. The lowest BCUT2D eigenvalue weighted by Crippen LogP contribution is -2.18. The highest BCUT2D eigenvalue weighted by Crippen LogP contribution is 2.27. The first-order valence-corrected chi connectivity index (χ1v) is 10.0. The van der Waals surface area contributed by atoms with Gasteiger partial charge in [0, 0.05) is 17.4 Å². The molecule has 0 saturated carbocycles. The monoisotopic (exact) mass is 456 g/mol. The molecule has 0 fully saturated rings. The van der Waals surface area contributed by atoms with Crippen molar-refractivity contribution in [2.24, 2.45) is 0 Å². The second-order valence-electron chi connectivity index (χ2n) is 7.12. The van der Waals surface area contributed by atoms with Gasteiger partial charge in [0.2, 0.25) is 11.7 Å². The van der Waals surface area contributed by atoms with Crippen LogP contribution in [0, 0.1) is 0 Å². The van der Waals surface area contributed by atoms with E-state index in [1.165, 1.54) is 29.8 Å². The third-order valence-corrected chi connectivity index (χ3v) is 4.78. The molecule has 0 atom stereocenters. The van der Waals surface area contributed by atoms with Crippen molar-refractivity contribution < 1.29 is 27.2 Å². The van der Waals surface area contributed by atoms with E-state index in [0.29, 0.717) is 16.9 Å². The van der Waals surface area contributed by atoms with Gasteiger partial charge in [0.1, 0.15) is 18.0 Å². The molecular weight excluding hydrogens is 437 g/mol. The van der Waals surface area contributed by atoms with E-state index in [0.717, 1.165) is 6.42 Å². The lowest BCUT2D eigenvalue weighted by atomic mass is 10.1. The molecular formula is C23H19F3N4O3. The van der Waals surface area contributed by atoms with Crippen LogP contribution in [0.2, 0.25) is 0 Å². The molecule has 170 valence electrons. The molecule has 0 aliphatic heterocycles. The predicted octanol–water partition coefficient (Wildman–Crippen LogP) is 5.30. The van der Waals surface area contributed by atoms with E-state index in [9.17, 15) is 18.0 Å². The number of nitrogens with one attached hydrogen (secondary N) is 1. The highest BCUT2D eigenvalue weighted by molar-refractivity contribution is 5.90. The largest absolute Gasteiger partial charge is 0.573 e. The van der Waals surface area contributed by atoms with Crippen molar-refractivity contribution in [3.8, 4) is 28.7 Å². The van der Waals surface area contributed by atoms with Crippen LogP contribution >= 0.6 is 0 Å². The molecule has 0 bridgehead atoms. The summed E-state index contributed by atoms with van der Waals surface area (Å²) in [6.07, 6.45) is -2.14. The molecule has 4 rings (SSSR count). The number of ether oxygens (including phenoxy) is 1. The van der Waals surface area contributed by atoms with Crippen LogP contribution in [0.4, 0.5) is 18.9 Å². The molecule has 33 heavy (non-hydrogen) atoms. The standard InChI is InChI=1S/C23H19F3N4O3/c1-2-15-5-9-17(10-6-15)27-20(31)14-30-13-3-4-19(30)22-28-21(29-33-22)16-7-11-18(12-8-16)32-23(24,25)26/h3-13H,2,14H2,1H3,(H,27,31). The molecule has 1 N–H and O–H groups in total. The third kappa shape index (κ3) is 5.59. The fourth-order valence-electron chi connectivity index (χ4n) is 3.18. The number of carbonyl (C=O) groups is 1. The number of halogens is 3. The zero-order chi connectivity index (χ0) is 23.4. The number of hydrogen-bond donors (Lipinski definition) is 1. The average Bonchev–Trinajstić information content (AvgIpc) is 3.43. The van der Waals surface area contributed by atoms with Gasteiger partial charge in [0.05, 0.1) is 0 Å². The van der Waals surface area contributed by atoms with Crippen molar-refractivity contribution in [1.29, 1.82) is 0 Å². The fraction of sp³-hybridized carbons (Fsp3) is 0.174. The van der Waals surface area contributed by atoms with E-state index < -0.39 is 6.36 Å². The zero-order valence-corrected chi connectivity index (χ0v) is 17.5. The Morgan fingerprint density at radius 1 is 1.09 bits per heavy atom. The summed E-state index contributed by atoms with van der Waals surface area (Å²) in [4.78, 5) is 16.8. The van der Waals surface area contributed by atoms with Gasteiger partial charge in [-0.25, -0.2) is 0 Å². The first-order valence-electron chi connectivity index (χ1n) is 10.0. The van der Waals surface area contributed by atoms with E-state index in [-0.39, 0.29) is 29.9 Å². The number of hydrogen-bond acceptors (Lipinski definition) is 5. The van der Waals surface area contributed by atoms with Crippen LogP contribution in [0.3, 0.4) is 0 Å². The minimum atomic E-state index is -4.77. The van der Waals surface area contributed by atoms with Crippen LogP contribution in [-0.4, -0.2) is 27.0 Å². The quantitative estimate of drug-likeness (QED) is 0.408. The lowest BCUT2D eigenvalue weighted by Gasteiger charge is -2.08. The average molecular weight is 456 g/mol. The molecule has 0 unspecified atom stereocenters. The van der Waals surface area contributed by atoms with Crippen LogP contribution in [0.25, 0.3) is 23.0 Å². The Kier molecular flexibility index (Phi) is 6.16. The Labute approximate surface area is 186 Å². The minimum Gasteiger partial charge on any atom is -0.406 e. The van der Waals surface area contributed by atoms with Gasteiger partial charge in [-0.2, -0.15) is 4.98 Å². The van der Waals surface area contributed by atoms with Gasteiger partial charge in [-0.05, 0) is 60.5 Å². The molecule has 0 aliphatic rings. The summed E-state index contributed by atoms with van der Waals surface area (Å²) in [5, 5.41) is 6.73. The number of anilines is 1. The van der Waals surface area contributed by atoms with Crippen molar-refractivity contribution in [2.75, 3.05) is 5.32 Å². The van der Waals surface area contributed by atoms with Crippen LogP contribution in [-0.2, 0) is 17.8 Å². The number of amides is 1. The molecule has 10 heteroatoms. The highest BCUT2D eigenvalue weighted by Gasteiger charge is 2.31. The van der Waals surface area contributed by atoms with Crippen molar-refractivity contribution in [3.05, 3.63) is 72.4 Å². The fourth-order valence-corrected chi connectivity index (χ4v) is 3.18. The Balaban J connectivity index is 1.45. The summed E-state index contributed by atoms with van der Waals surface area (Å²) in [6, 6.07) is 16.2. The lowest BCUT2D eigenvalue weighted by molar-refractivity contribution is -0.274. The van der Waals surface area contributed by atoms with Gasteiger partial charge < -0.3 is 19.1 Å². The molecule has 2 heterocycles. The second kappa shape index (κ2) is 9.19. The molecule has 0 radical (unpaired) electrons. The van der Waals surface area contributed by atoms with Gasteiger partial charge >= 0.3 is 6.36 Å². The third-order valence-electron chi connectivity index (χ3n) is 4.78. The SMILES string of the molecule is CCc1ccc(NC(=O)Cn2cccc2-c2nc(-c3ccc(OC(F)(F)F)cc3)no2)cc1. The van der Waals surface area contributed by atoms with Crippen molar-refractivity contribution in [2.45, 2.75) is 26.3 Å². The molecule has 0 spiro atoms. The predicted molar refractivity (Wildman–Crippen MR) is 114 cm³/mol. The van der Waals surface area contributed by atoms with E-state index in [1.54, 1.807) is 22.9 Å². The maximum absolute atomic E-state index is 12.5. The number of benzene rings is 2. The summed E-state index contributed by atoms with van der Waals surface area (Å²) in [5.41, 5.74) is 2.85. The molecule has 4 aromatic rings. The molecule has 2 aromatic carbocycles. The van der Waals surface area contributed by atoms with Crippen LogP contribution in [0.1, 0.15) is 12.5 Å². The van der Waals surface area contributed by atoms with Crippen molar-refractivity contribution in [3.63, 3.8) is 0 Å². The van der Waals surface area contributed by atoms with Crippen LogP contribution in [0.5, 0.6) is 5.75 Å². The zero-order valence-electron chi connectivity index (χ0n) is 17.5. The topological polar surface area (TPSA) is 82.2 Å². The van der Waals surface area contributed by atoms with Crippen molar-refractivity contribution in [1.82, 2.24) is 14.7 Å². The smallest absolute Gasteiger partial charge is 0.406 e. The Hall–Kier alpha value is -4.08. The van der Waals surface area contributed by atoms with Gasteiger partial charge in [0.25, 0.3) is 5.89 Å². The Bertz CT molecular complexity index is 1230. The number of nitrogens with zero attached hydrogens (tertiary/aromatic N) is 3. The van der Waals surface area contributed by atoms with Gasteiger partial charge in [-0.3, -0.25) is 4.79 Å². The molecule has 1 amide bonds. The second-order valence-corrected chi connectivity index (χ2v) is 7.12. The first-order chi connectivity index (χ1) is 15.8. The summed E-state index contributed by atoms with van der Waals surface area (Å²) in [7, 11) is 0. The number of aromatic nitrogens is 3. The summed E-state index contributed by atoms with van der Waals surface area (Å²) in [5.74, 6) is -0.210. The molecule has 0 saturated heterocycles. The highest BCUT2D eigenvalue weighted by atomic mass is 19.4. The van der Waals surface area contributed by atoms with Gasteiger partial charge in [0.15, 0.2) is 0 Å². The number of rotatable bonds is 7. The molecule has 2 aromatic heterocycles. The molecule has 7 nitrogen and oxygen atoms in total. The first kappa shape index (κ1) is 22.1. The summed E-state index contributed by atoms with van der Waals surface area (Å²) < 4.78 is 47.8. The number of carbonyl (C=O) groups excluding carboxylic acids is 1. The number of aryl methyl sites for hydroxylation is 1. The normalized spacial score (nSPS) is 11.4. The Morgan fingerprint density at radius 3 is 2.48 bits per heavy atom. The molecule has 0 aliphatic carbocycles. The van der Waals surface area contributed by atoms with Gasteiger partial charge in [-0.1, -0.05) is 24.2 Å². The maximum Gasteiger partial charge on any atom is 0.573 e. The van der Waals surface area contributed by atoms with Crippen LogP contribution in [0.15, 0.2) is 71.4 Å².